The largest absolute Gasteiger partial charge is 0.486 e. The van der Waals surface area contributed by atoms with Crippen molar-refractivity contribution >= 4 is 5.97 Å². The number of hydrogen-bond acceptors (Lipinski definition) is 3. The summed E-state index contributed by atoms with van der Waals surface area (Å²) in [7, 11) is 0. The van der Waals surface area contributed by atoms with Crippen molar-refractivity contribution in [3.8, 4) is 11.5 Å². The van der Waals surface area contributed by atoms with Crippen LogP contribution in [0, 0.1) is 11.6 Å². The van der Waals surface area contributed by atoms with E-state index in [0.717, 1.165) is 6.07 Å². The minimum absolute atomic E-state index is 0.0208. The van der Waals surface area contributed by atoms with E-state index in [1.807, 2.05) is 0 Å². The van der Waals surface area contributed by atoms with E-state index in [0.29, 0.717) is 0 Å². The van der Waals surface area contributed by atoms with Crippen LogP contribution < -0.4 is 9.47 Å². The highest BCUT2D eigenvalue weighted by molar-refractivity contribution is 5.72. The molecule has 0 unspecified atom stereocenters. The molecule has 1 aliphatic heterocycles. The van der Waals surface area contributed by atoms with Gasteiger partial charge in [0, 0.05) is 11.6 Å². The Morgan fingerprint density at radius 2 is 2.06 bits per heavy atom. The summed E-state index contributed by atoms with van der Waals surface area (Å²) in [6.45, 7) is 0.412. The van der Waals surface area contributed by atoms with E-state index in [9.17, 15) is 13.6 Å². The molecule has 0 aromatic heterocycles. The van der Waals surface area contributed by atoms with Crippen molar-refractivity contribution in [3.63, 3.8) is 0 Å². The van der Waals surface area contributed by atoms with Crippen molar-refractivity contribution in [2.45, 2.75) is 6.42 Å². The summed E-state index contributed by atoms with van der Waals surface area (Å²) in [4.78, 5) is 10.5. The zero-order valence-corrected chi connectivity index (χ0v) is 8.13. The highest BCUT2D eigenvalue weighted by Crippen LogP contribution is 2.37. The predicted molar refractivity (Wildman–Crippen MR) is 48.7 cm³/mol. The highest BCUT2D eigenvalue weighted by Gasteiger charge is 2.24. The topological polar surface area (TPSA) is 55.8 Å². The molecule has 1 N–H and O–H groups in total. The molecule has 2 rings (SSSR count). The lowest BCUT2D eigenvalue weighted by molar-refractivity contribution is -0.136. The van der Waals surface area contributed by atoms with Crippen LogP contribution in [0.3, 0.4) is 0 Å². The smallest absolute Gasteiger partial charge is 0.308 e. The molecule has 16 heavy (non-hydrogen) atoms. The fourth-order valence-electron chi connectivity index (χ4n) is 1.51. The first-order chi connectivity index (χ1) is 7.59. The maximum absolute atomic E-state index is 13.4. The van der Waals surface area contributed by atoms with Crippen LogP contribution in [0.25, 0.3) is 0 Å². The van der Waals surface area contributed by atoms with Gasteiger partial charge in [0.25, 0.3) is 0 Å². The monoisotopic (exact) mass is 230 g/mol. The summed E-state index contributed by atoms with van der Waals surface area (Å²) in [5.41, 5.74) is -0.317. The van der Waals surface area contributed by atoms with Crippen molar-refractivity contribution in [2.24, 2.45) is 0 Å². The number of hydrogen-bond donors (Lipinski definition) is 1. The summed E-state index contributed by atoms with van der Waals surface area (Å²) in [5.74, 6) is -3.58. The molecule has 0 bridgehead atoms. The van der Waals surface area contributed by atoms with Crippen LogP contribution >= 0.6 is 0 Å². The molecule has 86 valence electrons. The SMILES string of the molecule is O=C(O)Cc1c(F)c(F)cc2c1OCCO2. The van der Waals surface area contributed by atoms with E-state index in [1.165, 1.54) is 0 Å². The molecule has 6 heteroatoms. The summed E-state index contributed by atoms with van der Waals surface area (Å²) in [5, 5.41) is 8.60. The van der Waals surface area contributed by atoms with Crippen molar-refractivity contribution in [1.82, 2.24) is 0 Å². The number of ether oxygens (including phenoxy) is 2. The van der Waals surface area contributed by atoms with Crippen LogP contribution in [0.1, 0.15) is 5.56 Å². The lowest BCUT2D eigenvalue weighted by Crippen LogP contribution is -2.19. The molecule has 1 heterocycles. The van der Waals surface area contributed by atoms with Gasteiger partial charge < -0.3 is 14.6 Å². The van der Waals surface area contributed by atoms with Gasteiger partial charge in [-0.1, -0.05) is 0 Å². The first-order valence-corrected chi connectivity index (χ1v) is 4.58. The third-order valence-electron chi connectivity index (χ3n) is 2.15. The maximum atomic E-state index is 13.4. The van der Waals surface area contributed by atoms with E-state index in [2.05, 4.69) is 0 Å². The predicted octanol–water partition coefficient (Wildman–Crippen LogP) is 1.36. The van der Waals surface area contributed by atoms with Crippen molar-refractivity contribution < 1.29 is 28.2 Å². The number of aliphatic carboxylic acids is 1. The Morgan fingerprint density at radius 3 is 2.75 bits per heavy atom. The van der Waals surface area contributed by atoms with Gasteiger partial charge in [-0.25, -0.2) is 8.78 Å². The Morgan fingerprint density at radius 1 is 1.38 bits per heavy atom. The van der Waals surface area contributed by atoms with Crippen molar-refractivity contribution in [2.75, 3.05) is 13.2 Å². The molecule has 0 aliphatic carbocycles. The van der Waals surface area contributed by atoms with Crippen LogP contribution in [0.5, 0.6) is 11.5 Å². The van der Waals surface area contributed by atoms with Crippen LogP contribution in [0.2, 0.25) is 0 Å². The number of carboxylic acids is 1. The molecule has 4 nitrogen and oxygen atoms in total. The van der Waals surface area contributed by atoms with Crippen molar-refractivity contribution in [3.05, 3.63) is 23.3 Å². The van der Waals surface area contributed by atoms with E-state index in [4.69, 9.17) is 14.6 Å². The zero-order chi connectivity index (χ0) is 11.7. The van der Waals surface area contributed by atoms with Crippen LogP contribution in [0.15, 0.2) is 6.07 Å². The minimum atomic E-state index is -1.26. The van der Waals surface area contributed by atoms with Crippen LogP contribution in [-0.4, -0.2) is 24.3 Å². The lowest BCUT2D eigenvalue weighted by atomic mass is 10.1. The van der Waals surface area contributed by atoms with Gasteiger partial charge >= 0.3 is 5.97 Å². The second-order valence-corrected chi connectivity index (χ2v) is 3.25. The number of carboxylic acid groups (broad SMARTS) is 1. The third-order valence-corrected chi connectivity index (χ3v) is 2.15. The molecular formula is C10H8F2O4. The first-order valence-electron chi connectivity index (χ1n) is 4.58. The lowest BCUT2D eigenvalue weighted by Gasteiger charge is -2.21. The number of rotatable bonds is 2. The van der Waals surface area contributed by atoms with E-state index < -0.39 is 24.0 Å². The Labute approximate surface area is 89.4 Å². The molecule has 0 saturated carbocycles. The molecule has 0 saturated heterocycles. The number of carbonyl (C=O) groups is 1. The van der Waals surface area contributed by atoms with Gasteiger partial charge in [0.15, 0.2) is 23.1 Å². The molecule has 0 spiro atoms. The Balaban J connectivity index is 2.54. The Bertz CT molecular complexity index is 445. The summed E-state index contributed by atoms with van der Waals surface area (Å²) < 4.78 is 36.6. The van der Waals surface area contributed by atoms with Gasteiger partial charge in [-0.3, -0.25) is 4.79 Å². The number of benzene rings is 1. The molecule has 1 aromatic rings. The molecule has 0 fully saturated rings. The number of halogens is 2. The fourth-order valence-corrected chi connectivity index (χ4v) is 1.51. The normalized spacial score (nSPS) is 13.6. The summed E-state index contributed by atoms with van der Waals surface area (Å²) >= 11 is 0. The fraction of sp³-hybridized carbons (Fsp3) is 0.300. The molecular weight excluding hydrogens is 222 g/mol. The van der Waals surface area contributed by atoms with Crippen LogP contribution in [-0.2, 0) is 11.2 Å². The van der Waals surface area contributed by atoms with Crippen molar-refractivity contribution in [1.29, 1.82) is 0 Å². The second-order valence-electron chi connectivity index (χ2n) is 3.25. The van der Waals surface area contributed by atoms with Gasteiger partial charge in [-0.15, -0.1) is 0 Å². The molecule has 1 aromatic carbocycles. The van der Waals surface area contributed by atoms with Gasteiger partial charge in [-0.05, 0) is 0 Å². The average Bonchev–Trinajstić information content (AvgIpc) is 2.24. The summed E-state index contributed by atoms with van der Waals surface area (Å²) in [6.07, 6.45) is -0.644. The zero-order valence-electron chi connectivity index (χ0n) is 8.13. The second kappa shape index (κ2) is 3.96. The molecule has 0 amide bonds. The average molecular weight is 230 g/mol. The molecule has 1 aliphatic rings. The van der Waals surface area contributed by atoms with E-state index >= 15 is 0 Å². The standard InChI is InChI=1S/C10H8F2O4/c11-6-4-7-10(16-2-1-15-7)5(9(6)12)3-8(13)14/h4H,1-3H2,(H,13,14). The summed E-state index contributed by atoms with van der Waals surface area (Å²) in [6, 6.07) is 0.856. The van der Waals surface area contributed by atoms with E-state index in [-0.39, 0.29) is 30.3 Å². The van der Waals surface area contributed by atoms with Gasteiger partial charge in [0.2, 0.25) is 0 Å². The van der Waals surface area contributed by atoms with Gasteiger partial charge in [0.1, 0.15) is 13.2 Å². The minimum Gasteiger partial charge on any atom is -0.486 e. The van der Waals surface area contributed by atoms with Gasteiger partial charge in [0.05, 0.1) is 6.42 Å². The molecule has 0 radical (unpaired) electrons. The van der Waals surface area contributed by atoms with E-state index in [1.54, 1.807) is 0 Å². The quantitative estimate of drug-likeness (QED) is 0.833. The third kappa shape index (κ3) is 1.78. The Kier molecular flexibility index (Phi) is 2.64. The Hall–Kier alpha value is -1.85. The number of fused-ring (bicyclic) bond motifs is 1. The molecule has 0 atom stereocenters. The first kappa shape index (κ1) is 10.7. The van der Waals surface area contributed by atoms with Crippen LogP contribution in [0.4, 0.5) is 8.78 Å². The maximum Gasteiger partial charge on any atom is 0.308 e. The van der Waals surface area contributed by atoms with Gasteiger partial charge in [-0.2, -0.15) is 0 Å². The highest BCUT2D eigenvalue weighted by atomic mass is 19.2.